The number of aromatic nitrogens is 2. The zero-order chi connectivity index (χ0) is 15.0. The number of carbonyl (C=O) groups is 1. The van der Waals surface area contributed by atoms with Crippen LogP contribution in [-0.2, 0) is 4.79 Å². The van der Waals surface area contributed by atoms with Gasteiger partial charge in [-0.05, 0) is 50.6 Å². The highest BCUT2D eigenvalue weighted by molar-refractivity contribution is 5.95. The van der Waals surface area contributed by atoms with E-state index in [0.29, 0.717) is 0 Å². The van der Waals surface area contributed by atoms with E-state index in [2.05, 4.69) is 10.4 Å². The molecule has 21 heavy (non-hydrogen) atoms. The highest BCUT2D eigenvalue weighted by Gasteiger charge is 2.16. The van der Waals surface area contributed by atoms with E-state index in [9.17, 15) is 4.79 Å². The van der Waals surface area contributed by atoms with Crippen LogP contribution in [0.15, 0.2) is 41.1 Å². The van der Waals surface area contributed by atoms with E-state index >= 15 is 0 Å². The Hall–Kier alpha value is -2.56. The third-order valence-corrected chi connectivity index (χ3v) is 3.41. The van der Waals surface area contributed by atoms with Gasteiger partial charge in [0, 0.05) is 17.3 Å². The normalized spacial score (nSPS) is 12.5. The lowest BCUT2D eigenvalue weighted by molar-refractivity contribution is -0.119. The number of benzene rings is 1. The maximum Gasteiger partial charge on any atom is 0.248 e. The van der Waals surface area contributed by atoms with E-state index < -0.39 is 0 Å². The summed E-state index contributed by atoms with van der Waals surface area (Å²) in [6.45, 7) is 5.67. The molecule has 1 unspecified atom stereocenters. The molecule has 0 bridgehead atoms. The van der Waals surface area contributed by atoms with Crippen LogP contribution in [0.1, 0.15) is 24.3 Å². The minimum atomic E-state index is -0.361. The lowest BCUT2D eigenvalue weighted by atomic mass is 10.2. The maximum atomic E-state index is 12.3. The Labute approximate surface area is 122 Å². The number of anilines is 1. The standard InChI is InChI=1S/C16H17N3O2/c1-10-8-17-19(9-10)12(3)16(20)18-14-4-5-15-13(7-14)6-11(2)21-15/h4-9,12H,1-3H3,(H,18,20). The van der Waals surface area contributed by atoms with Crippen molar-refractivity contribution in [1.29, 1.82) is 0 Å². The van der Waals surface area contributed by atoms with Crippen molar-refractivity contribution in [3.63, 3.8) is 0 Å². The monoisotopic (exact) mass is 283 g/mol. The molecule has 2 aromatic heterocycles. The van der Waals surface area contributed by atoms with Crippen LogP contribution in [0.25, 0.3) is 11.0 Å². The van der Waals surface area contributed by atoms with Crippen molar-refractivity contribution in [2.75, 3.05) is 5.32 Å². The van der Waals surface area contributed by atoms with Crippen LogP contribution in [0.4, 0.5) is 5.69 Å². The fraction of sp³-hybridized carbons (Fsp3) is 0.250. The number of carbonyl (C=O) groups excluding carboxylic acids is 1. The molecule has 1 N–H and O–H groups in total. The first-order valence-electron chi connectivity index (χ1n) is 6.85. The third-order valence-electron chi connectivity index (χ3n) is 3.41. The number of aryl methyl sites for hydroxylation is 2. The molecule has 1 atom stereocenters. The van der Waals surface area contributed by atoms with E-state index in [1.54, 1.807) is 10.9 Å². The Bertz CT molecular complexity index is 801. The van der Waals surface area contributed by atoms with Crippen molar-refractivity contribution >= 4 is 22.6 Å². The van der Waals surface area contributed by atoms with Gasteiger partial charge in [-0.25, -0.2) is 0 Å². The summed E-state index contributed by atoms with van der Waals surface area (Å²) in [5.74, 6) is 0.756. The van der Waals surface area contributed by atoms with Crippen molar-refractivity contribution in [3.8, 4) is 0 Å². The topological polar surface area (TPSA) is 60.1 Å². The summed E-state index contributed by atoms with van der Waals surface area (Å²) in [5, 5.41) is 8.06. The minimum absolute atomic E-state index is 0.0994. The maximum absolute atomic E-state index is 12.3. The van der Waals surface area contributed by atoms with Gasteiger partial charge in [-0.2, -0.15) is 5.10 Å². The van der Waals surface area contributed by atoms with Crippen molar-refractivity contribution in [2.45, 2.75) is 26.8 Å². The van der Waals surface area contributed by atoms with Crippen LogP contribution in [0, 0.1) is 13.8 Å². The molecular formula is C16H17N3O2. The minimum Gasteiger partial charge on any atom is -0.461 e. The van der Waals surface area contributed by atoms with Gasteiger partial charge in [-0.3, -0.25) is 9.48 Å². The summed E-state index contributed by atoms with van der Waals surface area (Å²) in [6.07, 6.45) is 3.59. The van der Waals surface area contributed by atoms with Gasteiger partial charge in [0.15, 0.2) is 0 Å². The number of amides is 1. The fourth-order valence-electron chi connectivity index (χ4n) is 2.27. The first kappa shape index (κ1) is 13.4. The second kappa shape index (κ2) is 5.09. The molecule has 108 valence electrons. The Morgan fingerprint density at radius 3 is 2.86 bits per heavy atom. The van der Waals surface area contributed by atoms with E-state index in [-0.39, 0.29) is 11.9 Å². The quantitative estimate of drug-likeness (QED) is 0.801. The molecule has 0 spiro atoms. The summed E-state index contributed by atoms with van der Waals surface area (Å²) in [6, 6.07) is 7.20. The van der Waals surface area contributed by atoms with Crippen LogP contribution in [-0.4, -0.2) is 15.7 Å². The summed E-state index contributed by atoms with van der Waals surface area (Å²) in [4.78, 5) is 12.3. The van der Waals surface area contributed by atoms with Crippen LogP contribution < -0.4 is 5.32 Å². The number of nitrogens with one attached hydrogen (secondary N) is 1. The zero-order valence-electron chi connectivity index (χ0n) is 12.3. The summed E-state index contributed by atoms with van der Waals surface area (Å²) in [7, 11) is 0. The van der Waals surface area contributed by atoms with Crippen molar-refractivity contribution in [1.82, 2.24) is 9.78 Å². The summed E-state index contributed by atoms with van der Waals surface area (Å²) >= 11 is 0. The molecule has 0 aliphatic heterocycles. The van der Waals surface area contributed by atoms with Gasteiger partial charge >= 0.3 is 0 Å². The van der Waals surface area contributed by atoms with Gasteiger partial charge < -0.3 is 9.73 Å². The molecule has 0 saturated carbocycles. The Balaban J connectivity index is 1.79. The van der Waals surface area contributed by atoms with Gasteiger partial charge in [0.2, 0.25) is 5.91 Å². The van der Waals surface area contributed by atoms with Crippen LogP contribution >= 0.6 is 0 Å². The second-order valence-corrected chi connectivity index (χ2v) is 5.27. The number of furan rings is 1. The molecule has 0 saturated heterocycles. The van der Waals surface area contributed by atoms with Crippen LogP contribution in [0.2, 0.25) is 0 Å². The lowest BCUT2D eigenvalue weighted by Crippen LogP contribution is -2.23. The third kappa shape index (κ3) is 2.67. The summed E-state index contributed by atoms with van der Waals surface area (Å²) in [5.41, 5.74) is 2.61. The van der Waals surface area contributed by atoms with Crippen molar-refractivity contribution in [2.24, 2.45) is 0 Å². The smallest absolute Gasteiger partial charge is 0.248 e. The largest absolute Gasteiger partial charge is 0.461 e. The summed E-state index contributed by atoms with van der Waals surface area (Å²) < 4.78 is 7.18. The average molecular weight is 283 g/mol. The van der Waals surface area contributed by atoms with E-state index in [0.717, 1.165) is 28.0 Å². The Morgan fingerprint density at radius 1 is 1.33 bits per heavy atom. The second-order valence-electron chi connectivity index (χ2n) is 5.27. The van der Waals surface area contributed by atoms with Gasteiger partial charge in [0.25, 0.3) is 0 Å². The molecule has 0 radical (unpaired) electrons. The number of nitrogens with zero attached hydrogens (tertiary/aromatic N) is 2. The molecule has 5 heteroatoms. The molecule has 2 heterocycles. The van der Waals surface area contributed by atoms with E-state index in [1.165, 1.54) is 0 Å². The molecule has 0 aliphatic carbocycles. The van der Waals surface area contributed by atoms with E-state index in [1.807, 2.05) is 51.2 Å². The highest BCUT2D eigenvalue weighted by atomic mass is 16.3. The predicted molar refractivity (Wildman–Crippen MR) is 81.3 cm³/mol. The SMILES string of the molecule is Cc1cnn(C(C)C(=O)Nc2ccc3oc(C)cc3c2)c1. The molecule has 3 aromatic rings. The van der Waals surface area contributed by atoms with Crippen molar-refractivity contribution < 1.29 is 9.21 Å². The van der Waals surface area contributed by atoms with Crippen LogP contribution in [0.5, 0.6) is 0 Å². The average Bonchev–Trinajstić information content (AvgIpc) is 3.02. The molecule has 1 amide bonds. The molecule has 0 aliphatic rings. The molecule has 3 rings (SSSR count). The number of rotatable bonds is 3. The van der Waals surface area contributed by atoms with Crippen molar-refractivity contribution in [3.05, 3.63) is 48.0 Å². The Morgan fingerprint density at radius 2 is 2.14 bits per heavy atom. The molecular weight excluding hydrogens is 266 g/mol. The first-order chi connectivity index (χ1) is 10.0. The predicted octanol–water partition coefficient (Wildman–Crippen LogP) is 3.45. The lowest BCUT2D eigenvalue weighted by Gasteiger charge is -2.12. The molecule has 1 aromatic carbocycles. The van der Waals surface area contributed by atoms with Crippen LogP contribution in [0.3, 0.4) is 0 Å². The van der Waals surface area contributed by atoms with Gasteiger partial charge in [0.1, 0.15) is 17.4 Å². The first-order valence-corrected chi connectivity index (χ1v) is 6.85. The molecule has 5 nitrogen and oxygen atoms in total. The number of hydrogen-bond acceptors (Lipinski definition) is 3. The Kier molecular flexibility index (Phi) is 3.25. The van der Waals surface area contributed by atoms with E-state index in [4.69, 9.17) is 4.42 Å². The molecule has 0 fully saturated rings. The highest BCUT2D eigenvalue weighted by Crippen LogP contribution is 2.23. The number of hydrogen-bond donors (Lipinski definition) is 1. The van der Waals surface area contributed by atoms with Gasteiger partial charge in [0.05, 0.1) is 6.20 Å². The fourth-order valence-corrected chi connectivity index (χ4v) is 2.27. The number of fused-ring (bicyclic) bond motifs is 1. The van der Waals surface area contributed by atoms with Gasteiger partial charge in [-0.15, -0.1) is 0 Å². The zero-order valence-corrected chi connectivity index (χ0v) is 12.3. The van der Waals surface area contributed by atoms with Gasteiger partial charge in [-0.1, -0.05) is 0 Å².